The molecule has 0 N–H and O–H groups in total. The zero-order chi connectivity index (χ0) is 18.0. The van der Waals surface area contributed by atoms with Crippen LogP contribution in [0.2, 0.25) is 0 Å². The summed E-state index contributed by atoms with van der Waals surface area (Å²) < 4.78 is 6.38. The van der Waals surface area contributed by atoms with Gasteiger partial charge in [0.25, 0.3) is 0 Å². The van der Waals surface area contributed by atoms with Crippen LogP contribution in [-0.2, 0) is 9.53 Å². The zero-order valence-corrected chi connectivity index (χ0v) is 17.3. The van der Waals surface area contributed by atoms with Gasteiger partial charge in [0.1, 0.15) is 6.10 Å². The van der Waals surface area contributed by atoms with Gasteiger partial charge >= 0.3 is 5.97 Å². The third-order valence-electron chi connectivity index (χ3n) is 3.82. The fourth-order valence-corrected chi connectivity index (χ4v) is 2.81. The maximum atomic E-state index is 11.0. The van der Waals surface area contributed by atoms with Crippen molar-refractivity contribution < 1.29 is 9.53 Å². The molecule has 0 amide bonds. The molecule has 0 radical (unpaired) electrons. The van der Waals surface area contributed by atoms with Crippen molar-refractivity contribution in [2.24, 2.45) is 0 Å². The minimum atomic E-state index is -0.0380. The van der Waals surface area contributed by atoms with Crippen molar-refractivity contribution in [2.75, 3.05) is 4.43 Å². The second-order valence-electron chi connectivity index (χ2n) is 6.01. The first-order valence-electron chi connectivity index (χ1n) is 9.33. The van der Waals surface area contributed by atoms with Crippen LogP contribution < -0.4 is 0 Å². The SMILES string of the molecule is O=C1CCC(CCC=CCC=CCC=CCC=CCC=CCCI)O1. The molecule has 0 spiro atoms. The molecule has 1 saturated heterocycles. The lowest BCUT2D eigenvalue weighted by Gasteiger charge is -2.05. The summed E-state index contributed by atoms with van der Waals surface area (Å²) in [6, 6.07) is 0. The molecule has 25 heavy (non-hydrogen) atoms. The Labute approximate surface area is 166 Å². The van der Waals surface area contributed by atoms with Crippen molar-refractivity contribution in [1.29, 1.82) is 0 Å². The molecule has 138 valence electrons. The van der Waals surface area contributed by atoms with Crippen LogP contribution in [0.25, 0.3) is 0 Å². The van der Waals surface area contributed by atoms with Crippen molar-refractivity contribution in [3.05, 3.63) is 60.8 Å². The monoisotopic (exact) mass is 454 g/mol. The van der Waals surface area contributed by atoms with Crippen molar-refractivity contribution in [3.8, 4) is 0 Å². The van der Waals surface area contributed by atoms with E-state index in [1.807, 2.05) is 0 Å². The zero-order valence-electron chi connectivity index (χ0n) is 15.1. The molecule has 1 unspecified atom stereocenters. The van der Waals surface area contributed by atoms with Crippen LogP contribution in [0.5, 0.6) is 0 Å². The van der Waals surface area contributed by atoms with Crippen LogP contribution in [0, 0.1) is 0 Å². The van der Waals surface area contributed by atoms with E-state index in [4.69, 9.17) is 4.74 Å². The van der Waals surface area contributed by atoms with Crippen LogP contribution in [0.1, 0.15) is 57.8 Å². The molecule has 1 aliphatic rings. The van der Waals surface area contributed by atoms with Gasteiger partial charge in [0.15, 0.2) is 0 Å². The molecule has 0 aromatic rings. The molecular formula is C22H31IO2. The number of carbonyl (C=O) groups excluding carboxylic acids is 1. The fraction of sp³-hybridized carbons (Fsp3) is 0.500. The predicted octanol–water partition coefficient (Wildman–Crippen LogP) is 6.64. The van der Waals surface area contributed by atoms with Crippen molar-refractivity contribution in [2.45, 2.75) is 63.9 Å². The average Bonchev–Trinajstić information content (AvgIpc) is 3.03. The Balaban J connectivity index is 1.92. The number of ether oxygens (including phenoxy) is 1. The van der Waals surface area contributed by atoms with E-state index in [2.05, 4.69) is 83.4 Å². The van der Waals surface area contributed by atoms with Gasteiger partial charge in [0.2, 0.25) is 0 Å². The average molecular weight is 454 g/mol. The first kappa shape index (κ1) is 21.9. The molecule has 1 aliphatic heterocycles. The van der Waals surface area contributed by atoms with E-state index in [-0.39, 0.29) is 12.1 Å². The van der Waals surface area contributed by atoms with Gasteiger partial charge < -0.3 is 4.74 Å². The van der Waals surface area contributed by atoms with E-state index >= 15 is 0 Å². The van der Waals surface area contributed by atoms with E-state index in [1.165, 1.54) is 10.8 Å². The lowest BCUT2D eigenvalue weighted by molar-refractivity contribution is -0.141. The molecule has 1 rings (SSSR count). The van der Waals surface area contributed by atoms with Gasteiger partial charge in [0, 0.05) is 10.8 Å². The summed E-state index contributed by atoms with van der Waals surface area (Å²) in [5.74, 6) is -0.0380. The normalized spacial score (nSPS) is 18.8. The minimum Gasteiger partial charge on any atom is -0.462 e. The number of halogens is 1. The van der Waals surface area contributed by atoms with Crippen LogP contribution in [0.15, 0.2) is 60.8 Å². The Morgan fingerprint density at radius 2 is 1.28 bits per heavy atom. The molecule has 1 atom stereocenters. The molecule has 2 nitrogen and oxygen atoms in total. The standard InChI is InChI=1S/C22H31IO2/c23-20-16-14-12-10-8-6-4-2-1-3-5-7-9-11-13-15-17-21-18-19-22(24)25-21/h1-2,5-8,11-14,21H,3-4,9-10,15-20H2. The summed E-state index contributed by atoms with van der Waals surface area (Å²) in [6.07, 6.45) is 30.9. The molecule has 0 saturated carbocycles. The number of allylic oxidation sites excluding steroid dienone is 10. The van der Waals surface area contributed by atoms with E-state index in [0.717, 1.165) is 44.9 Å². The molecular weight excluding hydrogens is 423 g/mol. The number of carbonyl (C=O) groups is 1. The molecule has 3 heteroatoms. The Kier molecular flexibility index (Phi) is 14.4. The Bertz CT molecular complexity index is 486. The molecule has 0 bridgehead atoms. The lowest BCUT2D eigenvalue weighted by atomic mass is 10.1. The highest BCUT2D eigenvalue weighted by atomic mass is 127. The van der Waals surface area contributed by atoms with E-state index < -0.39 is 0 Å². The highest BCUT2D eigenvalue weighted by molar-refractivity contribution is 14.1. The second-order valence-corrected chi connectivity index (χ2v) is 7.08. The van der Waals surface area contributed by atoms with Crippen molar-refractivity contribution >= 4 is 28.6 Å². The summed E-state index contributed by atoms with van der Waals surface area (Å²) >= 11 is 2.39. The summed E-state index contributed by atoms with van der Waals surface area (Å²) in [6.45, 7) is 0. The smallest absolute Gasteiger partial charge is 0.306 e. The Hall–Kier alpha value is -1.10. The Morgan fingerprint density at radius 3 is 1.72 bits per heavy atom. The van der Waals surface area contributed by atoms with Gasteiger partial charge in [-0.3, -0.25) is 4.79 Å². The number of rotatable bonds is 13. The predicted molar refractivity (Wildman–Crippen MR) is 116 cm³/mol. The van der Waals surface area contributed by atoms with Gasteiger partial charge in [-0.1, -0.05) is 83.4 Å². The summed E-state index contributed by atoms with van der Waals surface area (Å²) in [5.41, 5.74) is 0. The first-order valence-corrected chi connectivity index (χ1v) is 10.9. The van der Waals surface area contributed by atoms with E-state index in [9.17, 15) is 4.79 Å². The van der Waals surface area contributed by atoms with Gasteiger partial charge in [-0.15, -0.1) is 0 Å². The third-order valence-corrected chi connectivity index (χ3v) is 4.44. The summed E-state index contributed by atoms with van der Waals surface area (Å²) in [7, 11) is 0. The second kappa shape index (κ2) is 16.4. The van der Waals surface area contributed by atoms with Gasteiger partial charge in [0.05, 0.1) is 0 Å². The number of hydrogen-bond acceptors (Lipinski definition) is 2. The topological polar surface area (TPSA) is 26.3 Å². The van der Waals surface area contributed by atoms with Gasteiger partial charge in [-0.05, 0) is 51.4 Å². The highest BCUT2D eigenvalue weighted by Gasteiger charge is 2.21. The van der Waals surface area contributed by atoms with Crippen molar-refractivity contribution in [3.63, 3.8) is 0 Å². The third kappa shape index (κ3) is 13.8. The van der Waals surface area contributed by atoms with Gasteiger partial charge in [-0.2, -0.15) is 0 Å². The number of esters is 1. The summed E-state index contributed by atoms with van der Waals surface area (Å²) in [4.78, 5) is 11.0. The number of alkyl halides is 1. The molecule has 0 aromatic heterocycles. The highest BCUT2D eigenvalue weighted by Crippen LogP contribution is 2.18. The number of hydrogen-bond donors (Lipinski definition) is 0. The van der Waals surface area contributed by atoms with E-state index in [1.54, 1.807) is 0 Å². The van der Waals surface area contributed by atoms with Crippen molar-refractivity contribution in [1.82, 2.24) is 0 Å². The largest absolute Gasteiger partial charge is 0.462 e. The first-order chi connectivity index (χ1) is 12.3. The summed E-state index contributed by atoms with van der Waals surface area (Å²) in [5, 5.41) is 0. The molecule has 1 fully saturated rings. The van der Waals surface area contributed by atoms with Crippen LogP contribution in [0.4, 0.5) is 0 Å². The lowest BCUT2D eigenvalue weighted by Crippen LogP contribution is -2.05. The van der Waals surface area contributed by atoms with Gasteiger partial charge in [-0.25, -0.2) is 0 Å². The van der Waals surface area contributed by atoms with Crippen LogP contribution >= 0.6 is 22.6 Å². The van der Waals surface area contributed by atoms with Crippen LogP contribution in [-0.4, -0.2) is 16.5 Å². The fourth-order valence-electron chi connectivity index (χ4n) is 2.45. The molecule has 1 heterocycles. The van der Waals surface area contributed by atoms with Crippen LogP contribution in [0.3, 0.4) is 0 Å². The maximum absolute atomic E-state index is 11.0. The Morgan fingerprint density at radius 1 is 0.800 bits per heavy atom. The maximum Gasteiger partial charge on any atom is 0.306 e. The minimum absolute atomic E-state index is 0.0380. The van der Waals surface area contributed by atoms with E-state index in [0.29, 0.717) is 6.42 Å². The molecule has 0 aromatic carbocycles. The number of cyclic esters (lactones) is 1. The molecule has 0 aliphatic carbocycles. The quantitative estimate of drug-likeness (QED) is 0.135.